The summed E-state index contributed by atoms with van der Waals surface area (Å²) >= 11 is 0. The van der Waals surface area contributed by atoms with Crippen LogP contribution >= 0.6 is 0 Å². The highest BCUT2D eigenvalue weighted by Crippen LogP contribution is 2.35. The Hall–Kier alpha value is -1.53. The predicted octanol–water partition coefficient (Wildman–Crippen LogP) is 2.80. The lowest BCUT2D eigenvalue weighted by atomic mass is 10.1. The zero-order valence-electron chi connectivity index (χ0n) is 11.3. The average molecular weight is 244 g/mol. The van der Waals surface area contributed by atoms with Gasteiger partial charge >= 0.3 is 0 Å². The van der Waals surface area contributed by atoms with E-state index in [-0.39, 0.29) is 0 Å². The number of methoxy groups -OCH3 is 1. The van der Waals surface area contributed by atoms with Crippen LogP contribution < -0.4 is 4.74 Å². The maximum absolute atomic E-state index is 9.07. The van der Waals surface area contributed by atoms with Crippen LogP contribution in [-0.4, -0.2) is 25.1 Å². The Morgan fingerprint density at radius 2 is 2.22 bits per heavy atom. The molecule has 0 saturated heterocycles. The minimum atomic E-state index is 0.613. The zero-order chi connectivity index (χ0) is 13.1. The Balaban J connectivity index is 2.07. The van der Waals surface area contributed by atoms with Gasteiger partial charge in [-0.25, -0.2) is 0 Å². The van der Waals surface area contributed by atoms with Gasteiger partial charge in [-0.2, -0.15) is 5.26 Å². The van der Waals surface area contributed by atoms with Gasteiger partial charge in [0, 0.05) is 12.6 Å². The summed E-state index contributed by atoms with van der Waals surface area (Å²) in [4.78, 5) is 2.36. The molecule has 1 aliphatic carbocycles. The molecule has 1 aliphatic rings. The van der Waals surface area contributed by atoms with E-state index in [1.165, 1.54) is 18.4 Å². The van der Waals surface area contributed by atoms with Crippen molar-refractivity contribution in [1.29, 1.82) is 5.26 Å². The first-order valence-corrected chi connectivity index (χ1v) is 6.43. The molecule has 3 nitrogen and oxygen atoms in total. The molecule has 1 aromatic carbocycles. The molecule has 96 valence electrons. The van der Waals surface area contributed by atoms with Gasteiger partial charge < -0.3 is 4.74 Å². The molecule has 1 aromatic rings. The molecule has 0 N–H and O–H groups in total. The summed E-state index contributed by atoms with van der Waals surface area (Å²) < 4.78 is 5.16. The van der Waals surface area contributed by atoms with E-state index in [2.05, 4.69) is 24.9 Å². The molecule has 2 rings (SSSR count). The van der Waals surface area contributed by atoms with Gasteiger partial charge in [-0.3, -0.25) is 4.90 Å². The summed E-state index contributed by atoms with van der Waals surface area (Å²) in [6.45, 7) is 3.17. The lowest BCUT2D eigenvalue weighted by Gasteiger charge is -2.24. The van der Waals surface area contributed by atoms with Crippen LogP contribution in [0.25, 0.3) is 0 Å². The number of benzene rings is 1. The minimum absolute atomic E-state index is 0.613. The minimum Gasteiger partial charge on any atom is -0.495 e. The van der Waals surface area contributed by atoms with Crippen LogP contribution in [0, 0.1) is 17.2 Å². The lowest BCUT2D eigenvalue weighted by Crippen LogP contribution is -2.30. The van der Waals surface area contributed by atoms with Crippen molar-refractivity contribution in [3.05, 3.63) is 29.3 Å². The molecular formula is C15H20N2O. The molecule has 3 heteroatoms. The molecule has 0 heterocycles. The van der Waals surface area contributed by atoms with Gasteiger partial charge in [0.25, 0.3) is 0 Å². The zero-order valence-corrected chi connectivity index (χ0v) is 11.3. The highest BCUT2D eigenvalue weighted by Gasteiger charge is 2.30. The lowest BCUT2D eigenvalue weighted by molar-refractivity contribution is 0.226. The molecular weight excluding hydrogens is 224 g/mol. The van der Waals surface area contributed by atoms with Gasteiger partial charge in [0.2, 0.25) is 0 Å². The van der Waals surface area contributed by atoms with Crippen LogP contribution in [0.2, 0.25) is 0 Å². The molecule has 0 bridgehead atoms. The fourth-order valence-electron chi connectivity index (χ4n) is 2.31. The van der Waals surface area contributed by atoms with Crippen molar-refractivity contribution < 1.29 is 4.74 Å². The van der Waals surface area contributed by atoms with Crippen molar-refractivity contribution in [1.82, 2.24) is 4.90 Å². The van der Waals surface area contributed by atoms with Crippen molar-refractivity contribution in [3.8, 4) is 11.8 Å². The molecule has 0 aliphatic heterocycles. The third-order valence-corrected chi connectivity index (χ3v) is 3.82. The van der Waals surface area contributed by atoms with E-state index in [9.17, 15) is 0 Å². The van der Waals surface area contributed by atoms with Gasteiger partial charge in [0.15, 0.2) is 0 Å². The summed E-state index contributed by atoms with van der Waals surface area (Å²) in [6.07, 6.45) is 2.72. The Morgan fingerprint density at radius 3 is 2.78 bits per heavy atom. The Morgan fingerprint density at radius 1 is 1.50 bits per heavy atom. The summed E-state index contributed by atoms with van der Waals surface area (Å²) in [6, 6.07) is 8.65. The smallest absolute Gasteiger partial charge is 0.136 e. The second-order valence-electron chi connectivity index (χ2n) is 5.14. The highest BCUT2D eigenvalue weighted by atomic mass is 16.5. The molecule has 1 atom stereocenters. The van der Waals surface area contributed by atoms with E-state index >= 15 is 0 Å². The van der Waals surface area contributed by atoms with Gasteiger partial charge in [-0.05, 0) is 50.4 Å². The Kier molecular flexibility index (Phi) is 3.88. The highest BCUT2D eigenvalue weighted by molar-refractivity contribution is 5.45. The van der Waals surface area contributed by atoms with Crippen LogP contribution in [0.15, 0.2) is 18.2 Å². The van der Waals surface area contributed by atoms with Gasteiger partial charge in [0.05, 0.1) is 12.7 Å². The van der Waals surface area contributed by atoms with Crippen molar-refractivity contribution >= 4 is 0 Å². The fraction of sp³-hybridized carbons (Fsp3) is 0.533. The molecule has 1 unspecified atom stereocenters. The summed E-state index contributed by atoms with van der Waals surface area (Å²) in [5, 5.41) is 9.07. The monoisotopic (exact) mass is 244 g/mol. The summed E-state index contributed by atoms with van der Waals surface area (Å²) in [5.74, 6) is 1.52. The maximum atomic E-state index is 9.07. The van der Waals surface area contributed by atoms with E-state index in [0.717, 1.165) is 12.5 Å². The molecule has 0 aromatic heterocycles. The van der Waals surface area contributed by atoms with Crippen molar-refractivity contribution in [3.63, 3.8) is 0 Å². The number of hydrogen-bond acceptors (Lipinski definition) is 3. The van der Waals surface area contributed by atoms with Crippen LogP contribution in [0.4, 0.5) is 0 Å². The predicted molar refractivity (Wildman–Crippen MR) is 71.4 cm³/mol. The SMILES string of the molecule is COc1ccc(CN(C)C(C)C2CC2)cc1C#N. The number of ether oxygens (including phenoxy) is 1. The van der Waals surface area contributed by atoms with Crippen LogP contribution in [-0.2, 0) is 6.54 Å². The van der Waals surface area contributed by atoms with E-state index in [4.69, 9.17) is 10.00 Å². The summed E-state index contributed by atoms with van der Waals surface area (Å²) in [5.41, 5.74) is 1.78. The summed E-state index contributed by atoms with van der Waals surface area (Å²) in [7, 11) is 3.75. The van der Waals surface area contributed by atoms with Crippen molar-refractivity contribution in [2.75, 3.05) is 14.2 Å². The van der Waals surface area contributed by atoms with E-state index in [1.54, 1.807) is 7.11 Å². The fourth-order valence-corrected chi connectivity index (χ4v) is 2.31. The van der Waals surface area contributed by atoms with E-state index < -0.39 is 0 Å². The molecule has 1 fully saturated rings. The average Bonchev–Trinajstić information content (AvgIpc) is 3.21. The van der Waals surface area contributed by atoms with Crippen molar-refractivity contribution in [2.45, 2.75) is 32.4 Å². The molecule has 0 amide bonds. The van der Waals surface area contributed by atoms with E-state index in [0.29, 0.717) is 17.4 Å². The first kappa shape index (κ1) is 12.9. The van der Waals surface area contributed by atoms with Gasteiger partial charge in [0.1, 0.15) is 11.8 Å². The quantitative estimate of drug-likeness (QED) is 0.799. The normalized spacial score (nSPS) is 16.4. The topological polar surface area (TPSA) is 36.3 Å². The van der Waals surface area contributed by atoms with Crippen molar-refractivity contribution in [2.24, 2.45) is 5.92 Å². The van der Waals surface area contributed by atoms with Gasteiger partial charge in [-0.15, -0.1) is 0 Å². The number of nitriles is 1. The largest absolute Gasteiger partial charge is 0.495 e. The van der Waals surface area contributed by atoms with Crippen LogP contribution in [0.5, 0.6) is 5.75 Å². The van der Waals surface area contributed by atoms with Gasteiger partial charge in [-0.1, -0.05) is 6.07 Å². The van der Waals surface area contributed by atoms with E-state index in [1.807, 2.05) is 18.2 Å². The Bertz CT molecular complexity index is 460. The Labute approximate surface area is 109 Å². The molecule has 18 heavy (non-hydrogen) atoms. The number of hydrogen-bond donors (Lipinski definition) is 0. The number of nitrogens with zero attached hydrogens (tertiary/aromatic N) is 2. The molecule has 0 radical (unpaired) electrons. The third kappa shape index (κ3) is 2.83. The van der Waals surface area contributed by atoms with Crippen LogP contribution in [0.3, 0.4) is 0 Å². The third-order valence-electron chi connectivity index (χ3n) is 3.82. The second kappa shape index (κ2) is 5.41. The molecule has 1 saturated carbocycles. The first-order chi connectivity index (χ1) is 8.65. The standard InChI is InChI=1S/C15H20N2O/c1-11(13-5-6-13)17(2)10-12-4-7-15(18-3)14(8-12)9-16/h4,7-8,11,13H,5-6,10H2,1-3H3. The second-order valence-corrected chi connectivity index (χ2v) is 5.14. The maximum Gasteiger partial charge on any atom is 0.136 e. The molecule has 0 spiro atoms. The van der Waals surface area contributed by atoms with Crippen LogP contribution in [0.1, 0.15) is 30.9 Å². The number of rotatable bonds is 5. The first-order valence-electron chi connectivity index (χ1n) is 6.43.